The Hall–Kier alpha value is -1.13. The third-order valence-corrected chi connectivity index (χ3v) is 3.96. The van der Waals surface area contributed by atoms with Crippen LogP contribution in [0.4, 0.5) is 5.69 Å². The second-order valence-corrected chi connectivity index (χ2v) is 5.11. The SMILES string of the molecule is Cc1cccc(NC(=O)C2C=CC(N)C2)c1Br. The molecule has 1 aromatic rings. The molecule has 0 saturated carbocycles. The summed E-state index contributed by atoms with van der Waals surface area (Å²) in [5.41, 5.74) is 7.64. The normalized spacial score (nSPS) is 22.8. The van der Waals surface area contributed by atoms with Gasteiger partial charge in [-0.3, -0.25) is 4.79 Å². The zero-order valence-corrected chi connectivity index (χ0v) is 11.2. The molecule has 2 rings (SSSR count). The summed E-state index contributed by atoms with van der Waals surface area (Å²) < 4.78 is 0.930. The van der Waals surface area contributed by atoms with Crippen LogP contribution in [-0.2, 0) is 4.79 Å². The molecule has 90 valence electrons. The summed E-state index contributed by atoms with van der Waals surface area (Å²) in [5, 5.41) is 2.92. The van der Waals surface area contributed by atoms with Gasteiger partial charge in [-0.15, -0.1) is 0 Å². The first-order chi connectivity index (χ1) is 8.08. The Morgan fingerprint density at radius 3 is 2.88 bits per heavy atom. The van der Waals surface area contributed by atoms with E-state index in [1.165, 1.54) is 0 Å². The number of benzene rings is 1. The van der Waals surface area contributed by atoms with Crippen molar-refractivity contribution in [2.24, 2.45) is 11.7 Å². The van der Waals surface area contributed by atoms with Crippen LogP contribution >= 0.6 is 15.9 Å². The number of nitrogens with one attached hydrogen (secondary N) is 1. The van der Waals surface area contributed by atoms with E-state index in [9.17, 15) is 4.79 Å². The van der Waals surface area contributed by atoms with E-state index in [1.807, 2.05) is 37.3 Å². The molecule has 3 nitrogen and oxygen atoms in total. The number of carbonyl (C=O) groups excluding carboxylic acids is 1. The molecule has 2 atom stereocenters. The summed E-state index contributed by atoms with van der Waals surface area (Å²) in [7, 11) is 0. The van der Waals surface area contributed by atoms with Gasteiger partial charge in [-0.05, 0) is 40.9 Å². The quantitative estimate of drug-likeness (QED) is 0.824. The topological polar surface area (TPSA) is 55.1 Å². The lowest BCUT2D eigenvalue weighted by molar-refractivity contribution is -0.118. The molecule has 17 heavy (non-hydrogen) atoms. The number of halogens is 1. The van der Waals surface area contributed by atoms with Crippen LogP contribution in [0.25, 0.3) is 0 Å². The van der Waals surface area contributed by atoms with Gasteiger partial charge in [0.15, 0.2) is 0 Å². The van der Waals surface area contributed by atoms with E-state index < -0.39 is 0 Å². The zero-order chi connectivity index (χ0) is 12.4. The van der Waals surface area contributed by atoms with Gasteiger partial charge >= 0.3 is 0 Å². The monoisotopic (exact) mass is 294 g/mol. The van der Waals surface area contributed by atoms with Gasteiger partial charge in [0, 0.05) is 10.5 Å². The van der Waals surface area contributed by atoms with E-state index in [1.54, 1.807) is 0 Å². The first-order valence-corrected chi connectivity index (χ1v) is 6.37. The van der Waals surface area contributed by atoms with Crippen molar-refractivity contribution in [3.63, 3.8) is 0 Å². The fraction of sp³-hybridized carbons (Fsp3) is 0.308. The maximum absolute atomic E-state index is 12.0. The zero-order valence-electron chi connectivity index (χ0n) is 9.61. The third-order valence-electron chi connectivity index (χ3n) is 2.90. The van der Waals surface area contributed by atoms with Gasteiger partial charge in [0.1, 0.15) is 0 Å². The average Bonchev–Trinajstić information content (AvgIpc) is 2.72. The molecule has 0 bridgehead atoms. The number of nitrogens with two attached hydrogens (primary N) is 1. The molecule has 4 heteroatoms. The Bertz CT molecular complexity index is 470. The molecular formula is C13H15BrN2O. The predicted octanol–water partition coefficient (Wildman–Crippen LogP) is 2.60. The molecule has 1 aliphatic carbocycles. The number of hydrogen-bond donors (Lipinski definition) is 2. The summed E-state index contributed by atoms with van der Waals surface area (Å²) in [6.45, 7) is 1.99. The number of anilines is 1. The lowest BCUT2D eigenvalue weighted by atomic mass is 10.1. The Labute approximate surface area is 109 Å². The summed E-state index contributed by atoms with van der Waals surface area (Å²) >= 11 is 3.47. The van der Waals surface area contributed by atoms with Gasteiger partial charge < -0.3 is 11.1 Å². The highest BCUT2D eigenvalue weighted by molar-refractivity contribution is 9.10. The Balaban J connectivity index is 2.09. The van der Waals surface area contributed by atoms with Crippen LogP contribution < -0.4 is 11.1 Å². The van der Waals surface area contributed by atoms with Crippen LogP contribution in [-0.4, -0.2) is 11.9 Å². The largest absolute Gasteiger partial charge is 0.325 e. The lowest BCUT2D eigenvalue weighted by Gasteiger charge is -2.12. The van der Waals surface area contributed by atoms with Crippen molar-refractivity contribution in [2.45, 2.75) is 19.4 Å². The van der Waals surface area contributed by atoms with Crippen LogP contribution in [0, 0.1) is 12.8 Å². The van der Waals surface area contributed by atoms with Gasteiger partial charge in [-0.2, -0.15) is 0 Å². The van der Waals surface area contributed by atoms with Crippen molar-refractivity contribution in [3.8, 4) is 0 Å². The molecule has 0 fully saturated rings. The molecule has 0 aliphatic heterocycles. The Morgan fingerprint density at radius 2 is 2.24 bits per heavy atom. The first-order valence-electron chi connectivity index (χ1n) is 5.58. The van der Waals surface area contributed by atoms with Gasteiger partial charge in [0.25, 0.3) is 0 Å². The summed E-state index contributed by atoms with van der Waals surface area (Å²) in [4.78, 5) is 12.0. The van der Waals surface area contributed by atoms with Gasteiger partial charge in [0.05, 0.1) is 11.6 Å². The second kappa shape index (κ2) is 5.02. The average molecular weight is 295 g/mol. The second-order valence-electron chi connectivity index (χ2n) is 4.32. The van der Waals surface area contributed by atoms with Crippen LogP contribution in [0.1, 0.15) is 12.0 Å². The number of hydrogen-bond acceptors (Lipinski definition) is 2. The predicted molar refractivity (Wildman–Crippen MR) is 72.7 cm³/mol. The minimum atomic E-state index is -0.114. The van der Waals surface area contributed by atoms with Gasteiger partial charge in [-0.1, -0.05) is 24.3 Å². The van der Waals surface area contributed by atoms with Crippen LogP contribution in [0.5, 0.6) is 0 Å². The van der Waals surface area contributed by atoms with Gasteiger partial charge in [-0.25, -0.2) is 0 Å². The fourth-order valence-electron chi connectivity index (χ4n) is 1.89. The molecule has 2 unspecified atom stereocenters. The minimum Gasteiger partial charge on any atom is -0.325 e. The maximum atomic E-state index is 12.0. The summed E-state index contributed by atoms with van der Waals surface area (Å²) in [6, 6.07) is 5.80. The molecule has 0 saturated heterocycles. The molecule has 0 spiro atoms. The highest BCUT2D eigenvalue weighted by atomic mass is 79.9. The molecule has 1 amide bonds. The van der Waals surface area contributed by atoms with Crippen molar-refractivity contribution < 1.29 is 4.79 Å². The van der Waals surface area contributed by atoms with Crippen LogP contribution in [0.2, 0.25) is 0 Å². The van der Waals surface area contributed by atoms with Crippen molar-refractivity contribution in [1.82, 2.24) is 0 Å². The highest BCUT2D eigenvalue weighted by Crippen LogP contribution is 2.27. The van der Waals surface area contributed by atoms with Crippen LogP contribution in [0.3, 0.4) is 0 Å². The molecule has 1 aliphatic rings. The van der Waals surface area contributed by atoms with Crippen LogP contribution in [0.15, 0.2) is 34.8 Å². The van der Waals surface area contributed by atoms with E-state index in [4.69, 9.17) is 5.73 Å². The minimum absolute atomic E-state index is 0.000463. The molecule has 0 aromatic heterocycles. The smallest absolute Gasteiger partial charge is 0.231 e. The number of rotatable bonds is 2. The maximum Gasteiger partial charge on any atom is 0.231 e. The van der Waals surface area contributed by atoms with Gasteiger partial charge in [0.2, 0.25) is 5.91 Å². The van der Waals surface area contributed by atoms with E-state index in [0.29, 0.717) is 6.42 Å². The Kier molecular flexibility index (Phi) is 3.64. The fourth-order valence-corrected chi connectivity index (χ4v) is 2.25. The van der Waals surface area contributed by atoms with Crippen molar-refractivity contribution in [2.75, 3.05) is 5.32 Å². The molecular weight excluding hydrogens is 280 g/mol. The highest BCUT2D eigenvalue weighted by Gasteiger charge is 2.23. The number of amides is 1. The lowest BCUT2D eigenvalue weighted by Crippen LogP contribution is -2.24. The Morgan fingerprint density at radius 1 is 1.47 bits per heavy atom. The van der Waals surface area contributed by atoms with Crippen molar-refractivity contribution in [1.29, 1.82) is 0 Å². The molecule has 3 N–H and O–H groups in total. The first kappa shape index (κ1) is 12.3. The molecule has 0 heterocycles. The van der Waals surface area contributed by atoms with E-state index in [2.05, 4.69) is 21.2 Å². The standard InChI is InChI=1S/C13H15BrN2O/c1-8-3-2-4-11(12(8)14)16-13(17)9-5-6-10(15)7-9/h2-6,9-10H,7,15H2,1H3,(H,16,17). The molecule has 1 aromatic carbocycles. The number of aryl methyl sites for hydroxylation is 1. The van der Waals surface area contributed by atoms with E-state index in [0.717, 1.165) is 15.7 Å². The number of carbonyl (C=O) groups is 1. The van der Waals surface area contributed by atoms with Crippen molar-refractivity contribution in [3.05, 3.63) is 40.4 Å². The molecule has 0 radical (unpaired) electrons. The van der Waals surface area contributed by atoms with E-state index >= 15 is 0 Å². The van der Waals surface area contributed by atoms with E-state index in [-0.39, 0.29) is 17.9 Å². The van der Waals surface area contributed by atoms with Crippen molar-refractivity contribution >= 4 is 27.5 Å². The summed E-state index contributed by atoms with van der Waals surface area (Å²) in [6.07, 6.45) is 4.45. The summed E-state index contributed by atoms with van der Waals surface area (Å²) in [5.74, 6) is -0.113. The third kappa shape index (κ3) is 2.76.